The first-order valence-corrected chi connectivity index (χ1v) is 11.8. The molecule has 4 rings (SSSR count). The minimum atomic E-state index is -0.935. The zero-order chi connectivity index (χ0) is 24.6. The highest BCUT2D eigenvalue weighted by molar-refractivity contribution is 7.07. The number of thiazole rings is 1. The number of hydrogen-bond donors (Lipinski definition) is 2. The maximum absolute atomic E-state index is 13.3. The van der Waals surface area contributed by atoms with Gasteiger partial charge in [0.05, 0.1) is 28.2 Å². The van der Waals surface area contributed by atoms with Crippen LogP contribution in [0.4, 0.5) is 0 Å². The fraction of sp³-hybridized carbons (Fsp3) is 0.125. The Kier molecular flexibility index (Phi) is 6.65. The molecule has 7 nitrogen and oxygen atoms in total. The molecule has 0 aliphatic carbocycles. The van der Waals surface area contributed by atoms with Crippen LogP contribution in [-0.2, 0) is 14.3 Å². The van der Waals surface area contributed by atoms with Gasteiger partial charge in [0.1, 0.15) is 10.5 Å². The maximum Gasteiger partial charge on any atom is 0.337 e. The van der Waals surface area contributed by atoms with E-state index in [0.717, 1.165) is 21.5 Å². The molecule has 0 saturated heterocycles. The summed E-state index contributed by atoms with van der Waals surface area (Å²) in [7, 11) is 0. The van der Waals surface area contributed by atoms with E-state index in [-0.39, 0.29) is 28.2 Å². The van der Waals surface area contributed by atoms with Gasteiger partial charge >= 0.3 is 5.97 Å². The van der Waals surface area contributed by atoms with Crippen LogP contribution >= 0.6 is 34.5 Å². The third kappa shape index (κ3) is 4.27. The summed E-state index contributed by atoms with van der Waals surface area (Å²) in [6, 6.07) is 13.5. The van der Waals surface area contributed by atoms with E-state index in [2.05, 4.69) is 0 Å². The molecule has 174 valence electrons. The molecule has 2 aromatic carbocycles. The first-order valence-electron chi connectivity index (χ1n) is 10.2. The van der Waals surface area contributed by atoms with Crippen LogP contribution in [-0.4, -0.2) is 23.1 Å². The second-order valence-corrected chi connectivity index (χ2v) is 9.29. The van der Waals surface area contributed by atoms with Crippen molar-refractivity contribution in [1.29, 1.82) is 0 Å². The Labute approximate surface area is 208 Å². The summed E-state index contributed by atoms with van der Waals surface area (Å²) in [6.45, 7) is 1.76. The molecular weight excluding hydrogens is 497 g/mol. The number of fused-ring (bicyclic) bond motifs is 1. The van der Waals surface area contributed by atoms with Crippen LogP contribution < -0.4 is 26.2 Å². The number of halogens is 2. The number of carbonyl (C=O) groups is 2. The summed E-state index contributed by atoms with van der Waals surface area (Å²) in [5.41, 5.74) is 12.9. The number of rotatable bonds is 5. The van der Waals surface area contributed by atoms with Gasteiger partial charge in [-0.25, -0.2) is 4.79 Å². The molecule has 1 unspecified atom stereocenters. The number of aromatic nitrogens is 1. The van der Waals surface area contributed by atoms with Gasteiger partial charge in [0.15, 0.2) is 0 Å². The molecule has 0 spiro atoms. The summed E-state index contributed by atoms with van der Waals surface area (Å²) >= 11 is 13.1. The normalized spacial score (nSPS) is 15.9. The summed E-state index contributed by atoms with van der Waals surface area (Å²) in [5, 5.41) is 1.03. The van der Waals surface area contributed by atoms with Crippen molar-refractivity contribution >= 4 is 63.9 Å². The minimum absolute atomic E-state index is 0.0733. The zero-order valence-corrected chi connectivity index (χ0v) is 20.2. The third-order valence-electron chi connectivity index (χ3n) is 5.28. The second kappa shape index (κ2) is 9.50. The Morgan fingerprint density at radius 1 is 1.06 bits per heavy atom. The predicted molar refractivity (Wildman–Crippen MR) is 134 cm³/mol. The molecule has 1 aromatic heterocycles. The lowest BCUT2D eigenvalue weighted by atomic mass is 9.83. The number of primary amides is 1. The molecule has 0 radical (unpaired) electrons. The lowest BCUT2D eigenvalue weighted by Crippen LogP contribution is -2.42. The van der Waals surface area contributed by atoms with Gasteiger partial charge < -0.3 is 16.2 Å². The Balaban J connectivity index is 2.10. The molecule has 4 N–H and O–H groups in total. The van der Waals surface area contributed by atoms with E-state index >= 15 is 0 Å². The van der Waals surface area contributed by atoms with E-state index in [1.54, 1.807) is 61.5 Å². The van der Waals surface area contributed by atoms with Gasteiger partial charge in [0.25, 0.3) is 5.56 Å². The third-order valence-corrected chi connectivity index (χ3v) is 6.89. The fourth-order valence-electron chi connectivity index (χ4n) is 3.80. The van der Waals surface area contributed by atoms with Crippen LogP contribution in [0.5, 0.6) is 0 Å². The monoisotopic (exact) mass is 515 g/mol. The number of nitrogens with two attached hydrogens (primary N) is 2. The average Bonchev–Trinajstić information content (AvgIpc) is 3.11. The maximum atomic E-state index is 13.3. The first-order chi connectivity index (χ1) is 16.2. The van der Waals surface area contributed by atoms with Gasteiger partial charge in [-0.1, -0.05) is 47.5 Å². The fourth-order valence-corrected chi connectivity index (χ4v) is 5.22. The van der Waals surface area contributed by atoms with Crippen LogP contribution in [0.15, 0.2) is 58.9 Å². The number of amides is 1. The number of benzene rings is 2. The quantitative estimate of drug-likeness (QED) is 0.505. The smallest absolute Gasteiger partial charge is 0.337 e. The SMILES string of the molecule is CCOC(=O)C1=c2sc(=Cc3ccc(Cl)cc3)c(=O)n2C(N)=C(C(N)=O)C1c1ccc(Cl)cc1. The van der Waals surface area contributed by atoms with Crippen molar-refractivity contribution in [2.24, 2.45) is 11.5 Å². The van der Waals surface area contributed by atoms with Crippen molar-refractivity contribution < 1.29 is 14.3 Å². The number of hydrogen-bond acceptors (Lipinski definition) is 6. The molecule has 1 aliphatic rings. The van der Waals surface area contributed by atoms with Gasteiger partial charge in [0.2, 0.25) is 5.91 Å². The molecule has 1 amide bonds. The number of ether oxygens (including phenoxy) is 1. The van der Waals surface area contributed by atoms with Crippen LogP contribution in [0.3, 0.4) is 0 Å². The Hall–Kier alpha value is -3.33. The molecule has 10 heteroatoms. The van der Waals surface area contributed by atoms with Crippen LogP contribution in [0, 0.1) is 0 Å². The molecule has 0 fully saturated rings. The molecule has 1 atom stereocenters. The molecule has 1 aliphatic heterocycles. The molecule has 0 saturated carbocycles. The summed E-state index contributed by atoms with van der Waals surface area (Å²) in [5.74, 6) is -2.60. The van der Waals surface area contributed by atoms with Crippen LogP contribution in [0.25, 0.3) is 17.5 Å². The molecule has 3 aromatic rings. The van der Waals surface area contributed by atoms with Crippen molar-refractivity contribution in [2.45, 2.75) is 12.8 Å². The largest absolute Gasteiger partial charge is 0.463 e. The Bertz CT molecular complexity index is 1500. The highest BCUT2D eigenvalue weighted by atomic mass is 35.5. The van der Waals surface area contributed by atoms with Crippen molar-refractivity contribution in [2.75, 3.05) is 6.61 Å². The lowest BCUT2D eigenvalue weighted by molar-refractivity contribution is -0.136. The van der Waals surface area contributed by atoms with E-state index in [0.29, 0.717) is 20.1 Å². The summed E-state index contributed by atoms with van der Waals surface area (Å²) in [4.78, 5) is 39.1. The topological polar surface area (TPSA) is 117 Å². The van der Waals surface area contributed by atoms with Crippen molar-refractivity contribution in [3.05, 3.63) is 94.8 Å². The van der Waals surface area contributed by atoms with E-state index < -0.39 is 23.4 Å². The van der Waals surface area contributed by atoms with Gasteiger partial charge in [-0.2, -0.15) is 0 Å². The summed E-state index contributed by atoms with van der Waals surface area (Å²) < 4.78 is 7.03. The number of carbonyl (C=O) groups excluding carboxylic acids is 2. The lowest BCUT2D eigenvalue weighted by Gasteiger charge is -2.26. The van der Waals surface area contributed by atoms with Crippen LogP contribution in [0.1, 0.15) is 24.0 Å². The predicted octanol–water partition coefficient (Wildman–Crippen LogP) is 2.17. The Morgan fingerprint density at radius 3 is 2.21 bits per heavy atom. The highest BCUT2D eigenvalue weighted by Crippen LogP contribution is 2.37. The average molecular weight is 516 g/mol. The van der Waals surface area contributed by atoms with E-state index in [9.17, 15) is 14.4 Å². The van der Waals surface area contributed by atoms with Gasteiger partial charge in [-0.15, -0.1) is 11.3 Å². The molecule has 0 bridgehead atoms. The van der Waals surface area contributed by atoms with Crippen molar-refractivity contribution in [1.82, 2.24) is 4.57 Å². The van der Waals surface area contributed by atoms with E-state index in [1.165, 1.54) is 0 Å². The molecular formula is C24H19Cl2N3O4S. The van der Waals surface area contributed by atoms with Gasteiger partial charge in [-0.05, 0) is 48.4 Å². The first kappa shape index (κ1) is 23.8. The van der Waals surface area contributed by atoms with Crippen molar-refractivity contribution in [3.8, 4) is 0 Å². The molecule has 34 heavy (non-hydrogen) atoms. The van der Waals surface area contributed by atoms with E-state index in [1.807, 2.05) is 0 Å². The minimum Gasteiger partial charge on any atom is -0.463 e. The zero-order valence-electron chi connectivity index (χ0n) is 17.9. The summed E-state index contributed by atoms with van der Waals surface area (Å²) in [6.07, 6.45) is 1.66. The second-order valence-electron chi connectivity index (χ2n) is 7.39. The van der Waals surface area contributed by atoms with E-state index in [4.69, 9.17) is 39.4 Å². The standard InChI is InChI=1S/C24H19Cl2N3O4S/c1-2-33-24(32)19-17(13-5-9-15(26)10-6-13)18(21(28)30)20(27)29-22(31)16(34-23(19)29)11-12-3-7-14(25)8-4-12/h3-11,17H,2,27H2,1H3,(H2,28,30). The molecule has 2 heterocycles. The number of esters is 1. The Morgan fingerprint density at radius 2 is 1.65 bits per heavy atom. The van der Waals surface area contributed by atoms with Crippen LogP contribution in [0.2, 0.25) is 10.0 Å². The van der Waals surface area contributed by atoms with Crippen molar-refractivity contribution in [3.63, 3.8) is 0 Å². The highest BCUT2D eigenvalue weighted by Gasteiger charge is 2.38. The van der Waals surface area contributed by atoms with Gasteiger partial charge in [0, 0.05) is 10.0 Å². The number of nitrogens with zero attached hydrogens (tertiary/aromatic N) is 1. The van der Waals surface area contributed by atoms with Gasteiger partial charge in [-0.3, -0.25) is 14.2 Å².